The maximum Gasteiger partial charge on any atom is 0.146 e. The lowest BCUT2D eigenvalue weighted by molar-refractivity contribution is 0.268. The van der Waals surface area contributed by atoms with E-state index in [0.717, 1.165) is 11.3 Å². The topological polar surface area (TPSA) is 34.4 Å². The Labute approximate surface area is 126 Å². The van der Waals surface area contributed by atoms with Crippen molar-refractivity contribution in [1.82, 2.24) is 5.32 Å². The lowest BCUT2D eigenvalue weighted by Gasteiger charge is -2.09. The molecule has 19 heavy (non-hydrogen) atoms. The maximum absolute atomic E-state index is 6.03. The molecule has 3 nitrogen and oxygen atoms in total. The summed E-state index contributed by atoms with van der Waals surface area (Å²) in [4.78, 5) is 0. The molecule has 0 spiro atoms. The van der Waals surface area contributed by atoms with Crippen molar-refractivity contribution in [3.63, 3.8) is 0 Å². The highest BCUT2D eigenvalue weighted by molar-refractivity contribution is 6.43. The summed E-state index contributed by atoms with van der Waals surface area (Å²) in [7, 11) is 1.87. The maximum atomic E-state index is 6.03. The van der Waals surface area contributed by atoms with Gasteiger partial charge in [0.1, 0.15) is 18.1 Å². The molecule has 0 saturated carbocycles. The standard InChI is InChI=1S/C13H12Cl3NO2/c1-17-6-8-2-3-18-13(8)7-19-12-5-10(15)9(14)4-11(12)16/h2-5,17H,6-7H2,1H3. The van der Waals surface area contributed by atoms with Gasteiger partial charge in [-0.05, 0) is 19.2 Å². The molecule has 0 atom stereocenters. The van der Waals surface area contributed by atoms with Crippen molar-refractivity contribution >= 4 is 34.8 Å². The van der Waals surface area contributed by atoms with E-state index in [1.165, 1.54) is 0 Å². The van der Waals surface area contributed by atoms with Crippen LogP contribution < -0.4 is 10.1 Å². The first-order chi connectivity index (χ1) is 9.11. The van der Waals surface area contributed by atoms with Crippen LogP contribution in [0.15, 0.2) is 28.9 Å². The molecule has 0 amide bonds. The fraction of sp³-hybridized carbons (Fsp3) is 0.231. The summed E-state index contributed by atoms with van der Waals surface area (Å²) in [6.45, 7) is 0.992. The minimum Gasteiger partial charge on any atom is -0.484 e. The van der Waals surface area contributed by atoms with E-state index in [-0.39, 0.29) is 6.61 Å². The molecule has 0 aliphatic heterocycles. The molecule has 1 N–H and O–H groups in total. The molecule has 0 fully saturated rings. The molecule has 0 radical (unpaired) electrons. The molecule has 1 aromatic heterocycles. The average molecular weight is 321 g/mol. The number of nitrogens with one attached hydrogen (secondary N) is 1. The van der Waals surface area contributed by atoms with E-state index in [1.807, 2.05) is 13.1 Å². The van der Waals surface area contributed by atoms with Crippen molar-refractivity contribution in [2.75, 3.05) is 7.05 Å². The summed E-state index contributed by atoms with van der Waals surface area (Å²) in [6, 6.07) is 5.04. The number of furan rings is 1. The molecule has 1 aromatic carbocycles. The Morgan fingerprint density at radius 2 is 1.89 bits per heavy atom. The molecule has 0 saturated heterocycles. The Hall–Kier alpha value is -0.870. The highest BCUT2D eigenvalue weighted by Gasteiger charge is 2.10. The van der Waals surface area contributed by atoms with Crippen molar-refractivity contribution < 1.29 is 9.15 Å². The summed E-state index contributed by atoms with van der Waals surface area (Å²) >= 11 is 17.8. The molecule has 2 rings (SSSR count). The first-order valence-corrected chi connectivity index (χ1v) is 6.72. The van der Waals surface area contributed by atoms with Gasteiger partial charge in [0.25, 0.3) is 0 Å². The quantitative estimate of drug-likeness (QED) is 0.821. The summed E-state index contributed by atoms with van der Waals surface area (Å²) in [6.07, 6.45) is 1.63. The van der Waals surface area contributed by atoms with Crippen molar-refractivity contribution in [1.29, 1.82) is 0 Å². The summed E-state index contributed by atoms with van der Waals surface area (Å²) < 4.78 is 11.0. The van der Waals surface area contributed by atoms with Gasteiger partial charge < -0.3 is 14.5 Å². The van der Waals surface area contributed by atoms with E-state index < -0.39 is 0 Å². The lowest BCUT2D eigenvalue weighted by atomic mass is 10.2. The summed E-state index contributed by atoms with van der Waals surface area (Å²) in [5, 5.41) is 4.26. The Balaban J connectivity index is 2.10. The largest absolute Gasteiger partial charge is 0.484 e. The fourth-order valence-corrected chi connectivity index (χ4v) is 2.19. The van der Waals surface area contributed by atoms with Crippen LogP contribution >= 0.6 is 34.8 Å². The van der Waals surface area contributed by atoms with Gasteiger partial charge in [0, 0.05) is 18.2 Å². The molecule has 0 aliphatic carbocycles. The monoisotopic (exact) mass is 319 g/mol. The van der Waals surface area contributed by atoms with E-state index in [9.17, 15) is 0 Å². The van der Waals surface area contributed by atoms with E-state index in [0.29, 0.717) is 27.4 Å². The Morgan fingerprint density at radius 1 is 1.16 bits per heavy atom. The van der Waals surface area contributed by atoms with Gasteiger partial charge in [-0.2, -0.15) is 0 Å². The van der Waals surface area contributed by atoms with Crippen molar-refractivity contribution in [2.45, 2.75) is 13.2 Å². The second-order valence-electron chi connectivity index (χ2n) is 3.88. The van der Waals surface area contributed by atoms with Gasteiger partial charge in [-0.15, -0.1) is 0 Å². The van der Waals surface area contributed by atoms with Gasteiger partial charge >= 0.3 is 0 Å². The second kappa shape index (κ2) is 6.53. The van der Waals surface area contributed by atoms with Crippen LogP contribution in [-0.4, -0.2) is 7.05 Å². The fourth-order valence-electron chi connectivity index (χ4n) is 1.60. The third-order valence-corrected chi connectivity index (χ3v) is 3.56. The van der Waals surface area contributed by atoms with Crippen LogP contribution in [0.2, 0.25) is 15.1 Å². The van der Waals surface area contributed by atoms with Gasteiger partial charge in [-0.25, -0.2) is 0 Å². The predicted octanol–water partition coefficient (Wildman–Crippen LogP) is 4.54. The molecule has 0 unspecified atom stereocenters. The smallest absolute Gasteiger partial charge is 0.146 e. The van der Waals surface area contributed by atoms with Crippen LogP contribution in [0.3, 0.4) is 0 Å². The molecule has 1 heterocycles. The van der Waals surface area contributed by atoms with Gasteiger partial charge in [-0.3, -0.25) is 0 Å². The second-order valence-corrected chi connectivity index (χ2v) is 5.11. The van der Waals surface area contributed by atoms with Gasteiger partial charge in [0.05, 0.1) is 21.3 Å². The number of ether oxygens (including phenoxy) is 1. The SMILES string of the molecule is CNCc1ccoc1COc1cc(Cl)c(Cl)cc1Cl. The third kappa shape index (κ3) is 3.57. The van der Waals surface area contributed by atoms with Crippen LogP contribution in [0.4, 0.5) is 0 Å². The van der Waals surface area contributed by atoms with Crippen molar-refractivity contribution in [3.05, 3.63) is 50.9 Å². The van der Waals surface area contributed by atoms with Crippen LogP contribution in [0.1, 0.15) is 11.3 Å². The van der Waals surface area contributed by atoms with Gasteiger partial charge in [-0.1, -0.05) is 34.8 Å². The minimum absolute atomic E-state index is 0.279. The molecule has 102 valence electrons. The number of hydrogen-bond donors (Lipinski definition) is 1. The zero-order chi connectivity index (χ0) is 13.8. The Kier molecular flexibility index (Phi) is 4.99. The Bertz CT molecular complexity index is 569. The van der Waals surface area contributed by atoms with E-state index in [1.54, 1.807) is 18.4 Å². The molecular weight excluding hydrogens is 309 g/mol. The zero-order valence-electron chi connectivity index (χ0n) is 10.2. The molecule has 2 aromatic rings. The first-order valence-electron chi connectivity index (χ1n) is 5.59. The predicted molar refractivity (Wildman–Crippen MR) is 77.3 cm³/mol. The normalized spacial score (nSPS) is 10.7. The summed E-state index contributed by atoms with van der Waals surface area (Å²) in [5.74, 6) is 1.22. The zero-order valence-corrected chi connectivity index (χ0v) is 12.4. The number of hydrogen-bond acceptors (Lipinski definition) is 3. The molecule has 0 aliphatic rings. The number of benzene rings is 1. The van der Waals surface area contributed by atoms with Crippen molar-refractivity contribution in [2.24, 2.45) is 0 Å². The highest BCUT2D eigenvalue weighted by Crippen LogP contribution is 2.34. The Morgan fingerprint density at radius 3 is 2.63 bits per heavy atom. The van der Waals surface area contributed by atoms with Gasteiger partial charge in [0.15, 0.2) is 0 Å². The van der Waals surface area contributed by atoms with Gasteiger partial charge in [0.2, 0.25) is 0 Å². The van der Waals surface area contributed by atoms with E-state index in [2.05, 4.69) is 5.32 Å². The molecule has 6 heteroatoms. The molecular formula is C13H12Cl3NO2. The first kappa shape index (κ1) is 14.5. The third-order valence-electron chi connectivity index (χ3n) is 2.54. The van der Waals surface area contributed by atoms with E-state index >= 15 is 0 Å². The van der Waals surface area contributed by atoms with Crippen molar-refractivity contribution in [3.8, 4) is 5.75 Å². The van der Waals surface area contributed by atoms with Crippen LogP contribution in [-0.2, 0) is 13.2 Å². The average Bonchev–Trinajstić information content (AvgIpc) is 2.80. The lowest BCUT2D eigenvalue weighted by Crippen LogP contribution is -2.07. The number of halogens is 3. The molecule has 0 bridgehead atoms. The summed E-state index contributed by atoms with van der Waals surface area (Å²) in [5.41, 5.74) is 1.04. The van der Waals surface area contributed by atoms with E-state index in [4.69, 9.17) is 44.0 Å². The highest BCUT2D eigenvalue weighted by atomic mass is 35.5. The number of rotatable bonds is 5. The van der Waals surface area contributed by atoms with Crippen LogP contribution in [0.25, 0.3) is 0 Å². The van der Waals surface area contributed by atoms with Crippen LogP contribution in [0, 0.1) is 0 Å². The van der Waals surface area contributed by atoms with Crippen LogP contribution in [0.5, 0.6) is 5.75 Å². The minimum atomic E-state index is 0.279.